The van der Waals surface area contributed by atoms with Crippen LogP contribution in [0.4, 0.5) is 0 Å². The molecule has 0 saturated heterocycles. The fraction of sp³-hybridized carbons (Fsp3) is 1.00. The Morgan fingerprint density at radius 2 is 1.21 bits per heavy atom. The highest BCUT2D eigenvalue weighted by atomic mass is 32.3. The second kappa shape index (κ2) is 16.5. The van der Waals surface area contributed by atoms with Gasteiger partial charge in [-0.1, -0.05) is 71.1 Å². The molecule has 0 radical (unpaired) electrons. The van der Waals surface area contributed by atoms with Crippen molar-refractivity contribution in [2.75, 3.05) is 19.8 Å². The molecule has 170 valence electrons. The van der Waals surface area contributed by atoms with E-state index in [1.54, 1.807) is 13.8 Å². The molecule has 0 aromatic carbocycles. The van der Waals surface area contributed by atoms with E-state index in [4.69, 9.17) is 18.4 Å². The molecule has 28 heavy (non-hydrogen) atoms. The van der Waals surface area contributed by atoms with Crippen LogP contribution >= 0.6 is 0 Å². The van der Waals surface area contributed by atoms with Crippen molar-refractivity contribution in [1.29, 1.82) is 0 Å². The molecule has 1 atom stereocenters. The highest BCUT2D eigenvalue weighted by Crippen LogP contribution is 2.29. The van der Waals surface area contributed by atoms with Crippen LogP contribution in [0.5, 0.6) is 0 Å². The molecule has 0 spiro atoms. The SMILES string of the molecule is CCCCCCCCCCCCC(OCC)C(OCC)(OCC)OS(=O)(=O)O. The van der Waals surface area contributed by atoms with Crippen LogP contribution in [0.15, 0.2) is 0 Å². The van der Waals surface area contributed by atoms with Crippen molar-refractivity contribution in [2.45, 2.75) is 110 Å². The van der Waals surface area contributed by atoms with Gasteiger partial charge in [0.25, 0.3) is 0 Å². The van der Waals surface area contributed by atoms with E-state index < -0.39 is 22.5 Å². The number of hydrogen-bond donors (Lipinski definition) is 1. The summed E-state index contributed by atoms with van der Waals surface area (Å²) in [6.45, 7) is 8.08. The molecule has 1 unspecified atom stereocenters. The summed E-state index contributed by atoms with van der Waals surface area (Å²) in [4.78, 5) is 0. The lowest BCUT2D eigenvalue weighted by atomic mass is 10.0. The molecule has 0 aliphatic carbocycles. The first-order chi connectivity index (χ1) is 13.3. The third kappa shape index (κ3) is 13.1. The van der Waals surface area contributed by atoms with Gasteiger partial charge in [-0.15, -0.1) is 0 Å². The van der Waals surface area contributed by atoms with Crippen LogP contribution in [-0.4, -0.2) is 44.9 Å². The van der Waals surface area contributed by atoms with E-state index in [2.05, 4.69) is 6.92 Å². The van der Waals surface area contributed by atoms with Gasteiger partial charge in [0.15, 0.2) is 0 Å². The minimum absolute atomic E-state index is 0.150. The van der Waals surface area contributed by atoms with Gasteiger partial charge < -0.3 is 14.2 Å². The summed E-state index contributed by atoms with van der Waals surface area (Å²) >= 11 is 0. The lowest BCUT2D eigenvalue weighted by Gasteiger charge is -2.37. The fourth-order valence-electron chi connectivity index (χ4n) is 3.26. The molecule has 0 aromatic rings. The summed E-state index contributed by atoms with van der Waals surface area (Å²) in [5.74, 6) is -1.97. The maximum absolute atomic E-state index is 11.4. The van der Waals surface area contributed by atoms with Gasteiger partial charge in [0.05, 0.1) is 0 Å². The molecule has 1 N–H and O–H groups in total. The van der Waals surface area contributed by atoms with Gasteiger partial charge >= 0.3 is 16.4 Å². The quantitative estimate of drug-likeness (QED) is 0.161. The van der Waals surface area contributed by atoms with E-state index in [9.17, 15) is 13.0 Å². The number of rotatable bonds is 20. The molecule has 0 aliphatic rings. The molecular weight excluding hydrogens is 384 g/mol. The minimum Gasteiger partial charge on any atom is -0.370 e. The zero-order valence-electron chi connectivity index (χ0n) is 18.3. The van der Waals surface area contributed by atoms with Crippen LogP contribution in [0.3, 0.4) is 0 Å². The van der Waals surface area contributed by atoms with Crippen LogP contribution in [0.25, 0.3) is 0 Å². The summed E-state index contributed by atoms with van der Waals surface area (Å²) in [6.07, 6.45) is 11.7. The summed E-state index contributed by atoms with van der Waals surface area (Å²) in [6, 6.07) is 0. The molecule has 0 heterocycles. The van der Waals surface area contributed by atoms with Crippen molar-refractivity contribution in [1.82, 2.24) is 0 Å². The van der Waals surface area contributed by atoms with E-state index >= 15 is 0 Å². The second-order valence-corrected chi connectivity index (χ2v) is 7.92. The van der Waals surface area contributed by atoms with E-state index in [1.165, 1.54) is 44.9 Å². The minimum atomic E-state index is -4.77. The number of ether oxygens (including phenoxy) is 3. The van der Waals surface area contributed by atoms with Crippen LogP contribution in [-0.2, 0) is 28.8 Å². The Morgan fingerprint density at radius 3 is 1.61 bits per heavy atom. The van der Waals surface area contributed by atoms with E-state index in [0.29, 0.717) is 13.0 Å². The van der Waals surface area contributed by atoms with Gasteiger partial charge in [0.1, 0.15) is 6.10 Å². The molecule has 0 aliphatic heterocycles. The van der Waals surface area contributed by atoms with Crippen LogP contribution in [0, 0.1) is 0 Å². The molecule has 0 fully saturated rings. The predicted molar refractivity (Wildman–Crippen MR) is 110 cm³/mol. The first-order valence-corrected chi connectivity index (χ1v) is 12.3. The van der Waals surface area contributed by atoms with Crippen molar-refractivity contribution >= 4 is 10.4 Å². The molecule has 8 heteroatoms. The van der Waals surface area contributed by atoms with E-state index in [1.807, 2.05) is 6.92 Å². The zero-order valence-corrected chi connectivity index (χ0v) is 19.1. The molecule has 0 bridgehead atoms. The smallest absolute Gasteiger partial charge is 0.370 e. The Labute approximate surface area is 172 Å². The second-order valence-electron chi connectivity index (χ2n) is 6.90. The zero-order chi connectivity index (χ0) is 21.3. The van der Waals surface area contributed by atoms with Gasteiger partial charge in [-0.25, -0.2) is 0 Å². The van der Waals surface area contributed by atoms with Crippen LogP contribution in [0.1, 0.15) is 98.3 Å². The topological polar surface area (TPSA) is 91.3 Å². The van der Waals surface area contributed by atoms with Gasteiger partial charge in [0.2, 0.25) is 0 Å². The van der Waals surface area contributed by atoms with Gasteiger partial charge in [-0.05, 0) is 27.2 Å². The fourth-order valence-corrected chi connectivity index (χ4v) is 3.76. The third-order valence-electron chi connectivity index (χ3n) is 4.49. The standard InChI is InChI=1S/C20H42O7S/c1-5-9-10-11-12-13-14-15-16-17-18-19(24-6-2)20(25-7-3,26-8-4)27-28(21,22)23/h19H,5-18H2,1-4H3,(H,21,22,23). The van der Waals surface area contributed by atoms with Crippen LogP contribution < -0.4 is 0 Å². The molecule has 0 rings (SSSR count). The van der Waals surface area contributed by atoms with Gasteiger partial charge in [-0.3, -0.25) is 4.55 Å². The van der Waals surface area contributed by atoms with Crippen LogP contribution in [0.2, 0.25) is 0 Å². The van der Waals surface area contributed by atoms with Gasteiger partial charge in [0, 0.05) is 19.8 Å². The van der Waals surface area contributed by atoms with Crippen molar-refractivity contribution < 1.29 is 31.4 Å². The van der Waals surface area contributed by atoms with E-state index in [-0.39, 0.29) is 13.2 Å². The summed E-state index contributed by atoms with van der Waals surface area (Å²) in [7, 11) is -4.77. The first kappa shape index (κ1) is 27.8. The lowest BCUT2D eigenvalue weighted by Crippen LogP contribution is -2.52. The Morgan fingerprint density at radius 1 is 0.750 bits per heavy atom. The average molecular weight is 427 g/mol. The Kier molecular flexibility index (Phi) is 16.4. The first-order valence-electron chi connectivity index (χ1n) is 10.9. The van der Waals surface area contributed by atoms with Crippen molar-refractivity contribution in [3.8, 4) is 0 Å². The molecule has 0 amide bonds. The predicted octanol–water partition coefficient (Wildman–Crippen LogP) is 5.25. The maximum atomic E-state index is 11.4. The average Bonchev–Trinajstić information content (AvgIpc) is 2.61. The van der Waals surface area contributed by atoms with Gasteiger partial charge in [-0.2, -0.15) is 12.6 Å². The Bertz CT molecular complexity index is 447. The molecular formula is C20H42O7S. The highest BCUT2D eigenvalue weighted by molar-refractivity contribution is 7.80. The highest BCUT2D eigenvalue weighted by Gasteiger charge is 2.47. The monoisotopic (exact) mass is 426 g/mol. The van der Waals surface area contributed by atoms with Crippen molar-refractivity contribution in [3.05, 3.63) is 0 Å². The number of hydrogen-bond acceptors (Lipinski definition) is 6. The summed E-state index contributed by atoms with van der Waals surface area (Å²) in [5, 5.41) is 0. The van der Waals surface area contributed by atoms with E-state index in [0.717, 1.165) is 19.3 Å². The summed E-state index contributed by atoms with van der Waals surface area (Å²) < 4.78 is 53.4. The normalized spacial score (nSPS) is 13.8. The van der Waals surface area contributed by atoms with Crippen molar-refractivity contribution in [2.24, 2.45) is 0 Å². The summed E-state index contributed by atoms with van der Waals surface area (Å²) in [5.41, 5.74) is 0. The Balaban J connectivity index is 4.56. The largest absolute Gasteiger partial charge is 0.402 e. The Hall–Kier alpha value is -0.250. The molecule has 7 nitrogen and oxygen atoms in total. The lowest BCUT2D eigenvalue weighted by molar-refractivity contribution is -0.384. The molecule has 0 saturated carbocycles. The number of unbranched alkanes of at least 4 members (excludes halogenated alkanes) is 9. The molecule has 0 aromatic heterocycles. The third-order valence-corrected chi connectivity index (χ3v) is 4.94. The van der Waals surface area contributed by atoms with Crippen molar-refractivity contribution in [3.63, 3.8) is 0 Å². The maximum Gasteiger partial charge on any atom is 0.402 e.